The van der Waals surface area contributed by atoms with Crippen molar-refractivity contribution in [2.75, 3.05) is 10.6 Å². The number of para-hydroxylation sites is 1. The standard InChI is InChI=1S/C20H18N6O3S2/c1-10-6-4-5-7-13(10)22-17(28)16-11(2)15-18(31-16)21-9-26(19(15)29)8-14(27)23-20-25-24-12(3)30-20/h4-7,9H,8H2,1-3H3,(H,22,28)(H,23,25,27). The van der Waals surface area contributed by atoms with Gasteiger partial charge in [-0.05, 0) is 38.0 Å². The maximum atomic E-state index is 13.0. The van der Waals surface area contributed by atoms with Crippen molar-refractivity contribution in [1.29, 1.82) is 0 Å². The molecule has 2 N–H and O–H groups in total. The molecule has 0 saturated carbocycles. The third-order valence-electron chi connectivity index (χ3n) is 4.60. The molecule has 1 aromatic carbocycles. The van der Waals surface area contributed by atoms with E-state index in [9.17, 15) is 14.4 Å². The zero-order chi connectivity index (χ0) is 22.1. The zero-order valence-corrected chi connectivity index (χ0v) is 18.6. The zero-order valence-electron chi connectivity index (χ0n) is 16.9. The van der Waals surface area contributed by atoms with Gasteiger partial charge in [-0.2, -0.15) is 0 Å². The van der Waals surface area contributed by atoms with E-state index in [4.69, 9.17) is 0 Å². The number of rotatable bonds is 5. The third-order valence-corrected chi connectivity index (χ3v) is 6.56. The van der Waals surface area contributed by atoms with Crippen LogP contribution in [0, 0.1) is 20.8 Å². The fourth-order valence-electron chi connectivity index (χ4n) is 3.04. The fraction of sp³-hybridized carbons (Fsp3) is 0.200. The van der Waals surface area contributed by atoms with Crippen molar-refractivity contribution in [2.45, 2.75) is 27.3 Å². The second-order valence-corrected chi connectivity index (χ2v) is 9.04. The van der Waals surface area contributed by atoms with Gasteiger partial charge in [0.25, 0.3) is 11.5 Å². The molecular formula is C20H18N6O3S2. The van der Waals surface area contributed by atoms with Crippen molar-refractivity contribution >= 4 is 55.5 Å². The summed E-state index contributed by atoms with van der Waals surface area (Å²) in [5, 5.41) is 14.6. The molecule has 0 fully saturated rings. The lowest BCUT2D eigenvalue weighted by atomic mass is 10.2. The Balaban J connectivity index is 1.60. The van der Waals surface area contributed by atoms with Crippen LogP contribution in [0.2, 0.25) is 0 Å². The Kier molecular flexibility index (Phi) is 5.61. The highest BCUT2D eigenvalue weighted by molar-refractivity contribution is 7.20. The number of anilines is 2. The number of hydrogen-bond donors (Lipinski definition) is 2. The molecule has 158 valence electrons. The topological polar surface area (TPSA) is 119 Å². The molecule has 2 amide bonds. The molecule has 11 heteroatoms. The van der Waals surface area contributed by atoms with Crippen molar-refractivity contribution in [3.8, 4) is 0 Å². The van der Waals surface area contributed by atoms with E-state index < -0.39 is 5.91 Å². The van der Waals surface area contributed by atoms with Gasteiger partial charge in [-0.25, -0.2) is 4.98 Å². The highest BCUT2D eigenvalue weighted by Crippen LogP contribution is 2.28. The van der Waals surface area contributed by atoms with Crippen LogP contribution in [0.3, 0.4) is 0 Å². The van der Waals surface area contributed by atoms with Crippen molar-refractivity contribution in [2.24, 2.45) is 0 Å². The number of aryl methyl sites for hydroxylation is 3. The molecule has 0 atom stereocenters. The van der Waals surface area contributed by atoms with Crippen LogP contribution >= 0.6 is 22.7 Å². The molecule has 9 nitrogen and oxygen atoms in total. The van der Waals surface area contributed by atoms with Gasteiger partial charge in [0.1, 0.15) is 16.4 Å². The summed E-state index contributed by atoms with van der Waals surface area (Å²) >= 11 is 2.39. The third kappa shape index (κ3) is 4.23. The fourth-order valence-corrected chi connectivity index (χ4v) is 4.68. The summed E-state index contributed by atoms with van der Waals surface area (Å²) in [6, 6.07) is 7.46. The Morgan fingerprint density at radius 2 is 1.84 bits per heavy atom. The van der Waals surface area contributed by atoms with E-state index in [1.54, 1.807) is 13.8 Å². The van der Waals surface area contributed by atoms with Gasteiger partial charge in [0, 0.05) is 5.69 Å². The minimum absolute atomic E-state index is 0.222. The summed E-state index contributed by atoms with van der Waals surface area (Å²) in [6.45, 7) is 5.17. The van der Waals surface area contributed by atoms with Crippen LogP contribution in [0.25, 0.3) is 10.2 Å². The number of benzene rings is 1. The second kappa shape index (κ2) is 8.36. The van der Waals surface area contributed by atoms with E-state index in [0.29, 0.717) is 31.5 Å². The number of carbonyl (C=O) groups is 2. The average Bonchev–Trinajstić information content (AvgIpc) is 3.29. The van der Waals surface area contributed by atoms with E-state index >= 15 is 0 Å². The number of thiophene rings is 1. The van der Waals surface area contributed by atoms with Crippen LogP contribution in [-0.2, 0) is 11.3 Å². The maximum absolute atomic E-state index is 13.0. The maximum Gasteiger partial charge on any atom is 0.266 e. The van der Waals surface area contributed by atoms with Gasteiger partial charge in [0.15, 0.2) is 0 Å². The number of nitrogens with zero attached hydrogens (tertiary/aromatic N) is 4. The van der Waals surface area contributed by atoms with Crippen molar-refractivity contribution in [3.63, 3.8) is 0 Å². The number of nitrogens with one attached hydrogen (secondary N) is 2. The highest BCUT2D eigenvalue weighted by atomic mass is 32.1. The largest absolute Gasteiger partial charge is 0.321 e. The Hall–Kier alpha value is -3.44. The van der Waals surface area contributed by atoms with Crippen molar-refractivity contribution in [1.82, 2.24) is 19.7 Å². The number of aromatic nitrogens is 4. The molecule has 0 aliphatic carbocycles. The number of fused-ring (bicyclic) bond motifs is 1. The lowest BCUT2D eigenvalue weighted by Crippen LogP contribution is -2.27. The minimum Gasteiger partial charge on any atom is -0.321 e. The van der Waals surface area contributed by atoms with E-state index in [-0.39, 0.29) is 18.0 Å². The van der Waals surface area contributed by atoms with Crippen molar-refractivity contribution < 1.29 is 9.59 Å². The van der Waals surface area contributed by atoms with E-state index in [2.05, 4.69) is 25.8 Å². The smallest absolute Gasteiger partial charge is 0.266 e. The van der Waals surface area contributed by atoms with E-state index in [1.807, 2.05) is 31.2 Å². The van der Waals surface area contributed by atoms with Crippen LogP contribution < -0.4 is 16.2 Å². The molecule has 31 heavy (non-hydrogen) atoms. The number of carbonyl (C=O) groups excluding carboxylic acids is 2. The van der Waals surface area contributed by atoms with Crippen LogP contribution in [0.4, 0.5) is 10.8 Å². The van der Waals surface area contributed by atoms with E-state index in [0.717, 1.165) is 21.9 Å². The summed E-state index contributed by atoms with van der Waals surface area (Å²) in [7, 11) is 0. The quantitative estimate of drug-likeness (QED) is 0.478. The molecule has 0 spiro atoms. The molecule has 4 rings (SSSR count). The molecule has 0 saturated heterocycles. The summed E-state index contributed by atoms with van der Waals surface area (Å²) in [5.74, 6) is -0.713. The lowest BCUT2D eigenvalue weighted by molar-refractivity contribution is -0.116. The summed E-state index contributed by atoms with van der Waals surface area (Å²) < 4.78 is 1.22. The van der Waals surface area contributed by atoms with Crippen LogP contribution in [-0.4, -0.2) is 31.6 Å². The second-order valence-electron chi connectivity index (χ2n) is 6.86. The SMILES string of the molecule is Cc1nnc(NC(=O)Cn2cnc3sc(C(=O)Nc4ccccc4C)c(C)c3c2=O)s1. The summed E-state index contributed by atoms with van der Waals surface area (Å²) in [6.07, 6.45) is 1.31. The monoisotopic (exact) mass is 454 g/mol. The molecular weight excluding hydrogens is 436 g/mol. The molecule has 0 unspecified atom stereocenters. The number of amides is 2. The molecule has 0 radical (unpaired) electrons. The predicted molar refractivity (Wildman–Crippen MR) is 121 cm³/mol. The molecule has 4 aromatic rings. The van der Waals surface area contributed by atoms with Gasteiger partial charge in [-0.15, -0.1) is 21.5 Å². The minimum atomic E-state index is -0.412. The lowest BCUT2D eigenvalue weighted by Gasteiger charge is -2.07. The van der Waals surface area contributed by atoms with Crippen molar-refractivity contribution in [3.05, 3.63) is 62.0 Å². The molecule has 3 heterocycles. The molecule has 0 aliphatic heterocycles. The average molecular weight is 455 g/mol. The van der Waals surface area contributed by atoms with Gasteiger partial charge in [-0.1, -0.05) is 29.5 Å². The van der Waals surface area contributed by atoms with Crippen LogP contribution in [0.5, 0.6) is 0 Å². The predicted octanol–water partition coefficient (Wildman–Crippen LogP) is 3.13. The molecule has 0 aliphatic rings. The van der Waals surface area contributed by atoms with Gasteiger partial charge in [-0.3, -0.25) is 24.3 Å². The Morgan fingerprint density at radius 1 is 1.06 bits per heavy atom. The Labute approximate surface area is 184 Å². The van der Waals surface area contributed by atoms with Gasteiger partial charge in [0.05, 0.1) is 16.6 Å². The van der Waals surface area contributed by atoms with Crippen LogP contribution in [0.15, 0.2) is 35.4 Å². The first-order valence-electron chi connectivity index (χ1n) is 9.29. The van der Waals surface area contributed by atoms with Gasteiger partial charge >= 0.3 is 0 Å². The summed E-state index contributed by atoms with van der Waals surface area (Å²) in [5.41, 5.74) is 1.81. The first-order chi connectivity index (χ1) is 14.8. The Bertz CT molecular complexity index is 1370. The normalized spacial score (nSPS) is 10.9. The first-order valence-corrected chi connectivity index (χ1v) is 10.9. The van der Waals surface area contributed by atoms with E-state index in [1.165, 1.54) is 22.2 Å². The molecule has 0 bridgehead atoms. The first kappa shape index (κ1) is 20.8. The number of hydrogen-bond acceptors (Lipinski definition) is 8. The van der Waals surface area contributed by atoms with Gasteiger partial charge < -0.3 is 5.32 Å². The highest BCUT2D eigenvalue weighted by Gasteiger charge is 2.20. The van der Waals surface area contributed by atoms with Gasteiger partial charge in [0.2, 0.25) is 11.0 Å². The summed E-state index contributed by atoms with van der Waals surface area (Å²) in [4.78, 5) is 43.3. The van der Waals surface area contributed by atoms with Crippen LogP contribution in [0.1, 0.15) is 25.8 Å². The Morgan fingerprint density at radius 3 is 2.55 bits per heavy atom. The molecule has 3 aromatic heterocycles.